The van der Waals surface area contributed by atoms with Gasteiger partial charge in [0.05, 0.1) is 6.61 Å². The van der Waals surface area contributed by atoms with Gasteiger partial charge in [0.15, 0.2) is 0 Å². The standard InChI is InChI=1S/C13H19BrO/c1-12-8-4-5-9-13(12)15-11-7-3-2-6-10-14/h4-5,8-9H,2-3,6-7,10-11H2,1H3. The van der Waals surface area contributed by atoms with E-state index in [0.717, 1.165) is 24.1 Å². The topological polar surface area (TPSA) is 9.23 Å². The molecule has 0 bridgehead atoms. The number of alkyl halides is 1. The third-order valence-electron chi connectivity index (χ3n) is 2.38. The van der Waals surface area contributed by atoms with Crippen molar-refractivity contribution in [1.82, 2.24) is 0 Å². The zero-order valence-electron chi connectivity index (χ0n) is 9.34. The summed E-state index contributed by atoms with van der Waals surface area (Å²) in [6.45, 7) is 2.92. The average molecular weight is 271 g/mol. The molecule has 0 aromatic heterocycles. The van der Waals surface area contributed by atoms with Crippen LogP contribution in [0, 0.1) is 6.92 Å². The van der Waals surface area contributed by atoms with E-state index in [1.54, 1.807) is 0 Å². The Morgan fingerprint density at radius 1 is 1.07 bits per heavy atom. The van der Waals surface area contributed by atoms with E-state index in [-0.39, 0.29) is 0 Å². The number of hydrogen-bond acceptors (Lipinski definition) is 1. The highest BCUT2D eigenvalue weighted by Gasteiger charge is 1.96. The van der Waals surface area contributed by atoms with Gasteiger partial charge in [-0.3, -0.25) is 0 Å². The predicted molar refractivity (Wildman–Crippen MR) is 68.9 cm³/mol. The fourth-order valence-electron chi connectivity index (χ4n) is 1.45. The van der Waals surface area contributed by atoms with Crippen molar-refractivity contribution in [2.45, 2.75) is 32.6 Å². The molecule has 0 saturated carbocycles. The van der Waals surface area contributed by atoms with Crippen LogP contribution in [0.5, 0.6) is 5.75 Å². The second-order valence-corrected chi connectivity index (χ2v) is 4.51. The molecule has 0 N–H and O–H groups in total. The van der Waals surface area contributed by atoms with E-state index in [9.17, 15) is 0 Å². The second-order valence-electron chi connectivity index (χ2n) is 3.72. The minimum absolute atomic E-state index is 0.840. The third kappa shape index (κ3) is 5.22. The second kappa shape index (κ2) is 7.75. The van der Waals surface area contributed by atoms with Gasteiger partial charge in [0.2, 0.25) is 0 Å². The summed E-state index contributed by atoms with van der Waals surface area (Å²) in [6.07, 6.45) is 4.98. The molecule has 0 amide bonds. The fourth-order valence-corrected chi connectivity index (χ4v) is 1.85. The van der Waals surface area contributed by atoms with Crippen LogP contribution in [0.25, 0.3) is 0 Å². The van der Waals surface area contributed by atoms with Crippen LogP contribution in [0.2, 0.25) is 0 Å². The fraction of sp³-hybridized carbons (Fsp3) is 0.538. The lowest BCUT2D eigenvalue weighted by Crippen LogP contribution is -1.98. The number of hydrogen-bond donors (Lipinski definition) is 0. The Hall–Kier alpha value is -0.500. The number of unbranched alkanes of at least 4 members (excludes halogenated alkanes) is 3. The minimum Gasteiger partial charge on any atom is -0.493 e. The highest BCUT2D eigenvalue weighted by atomic mass is 79.9. The molecule has 1 nitrogen and oxygen atoms in total. The van der Waals surface area contributed by atoms with Crippen LogP contribution in [0.1, 0.15) is 31.2 Å². The van der Waals surface area contributed by atoms with Crippen molar-refractivity contribution in [1.29, 1.82) is 0 Å². The van der Waals surface area contributed by atoms with Crippen molar-refractivity contribution in [2.75, 3.05) is 11.9 Å². The maximum atomic E-state index is 5.71. The van der Waals surface area contributed by atoms with Crippen LogP contribution in [0.15, 0.2) is 24.3 Å². The Morgan fingerprint density at radius 3 is 2.53 bits per heavy atom. The summed E-state index contributed by atoms with van der Waals surface area (Å²) in [5.74, 6) is 1.03. The zero-order chi connectivity index (χ0) is 10.9. The lowest BCUT2D eigenvalue weighted by molar-refractivity contribution is 0.303. The van der Waals surface area contributed by atoms with E-state index in [2.05, 4.69) is 28.9 Å². The smallest absolute Gasteiger partial charge is 0.122 e. The van der Waals surface area contributed by atoms with Gasteiger partial charge < -0.3 is 4.74 Å². The van der Waals surface area contributed by atoms with Crippen molar-refractivity contribution in [3.63, 3.8) is 0 Å². The van der Waals surface area contributed by atoms with Crippen LogP contribution in [-0.2, 0) is 0 Å². The molecular formula is C13H19BrO. The van der Waals surface area contributed by atoms with Crippen molar-refractivity contribution in [3.05, 3.63) is 29.8 Å². The maximum Gasteiger partial charge on any atom is 0.122 e. The molecule has 1 aromatic rings. The Bertz CT molecular complexity index is 273. The average Bonchev–Trinajstić information content (AvgIpc) is 2.25. The van der Waals surface area contributed by atoms with E-state index < -0.39 is 0 Å². The first-order valence-corrected chi connectivity index (χ1v) is 6.71. The highest BCUT2D eigenvalue weighted by molar-refractivity contribution is 9.09. The molecule has 0 radical (unpaired) electrons. The van der Waals surface area contributed by atoms with E-state index in [4.69, 9.17) is 4.74 Å². The van der Waals surface area contributed by atoms with Gasteiger partial charge in [0.1, 0.15) is 5.75 Å². The van der Waals surface area contributed by atoms with Crippen LogP contribution in [0.4, 0.5) is 0 Å². The summed E-state index contributed by atoms with van der Waals surface area (Å²) in [4.78, 5) is 0. The Kier molecular flexibility index (Phi) is 6.49. The Labute approximate surface area is 101 Å². The van der Waals surface area contributed by atoms with Crippen LogP contribution < -0.4 is 4.74 Å². The molecule has 0 atom stereocenters. The first kappa shape index (κ1) is 12.6. The lowest BCUT2D eigenvalue weighted by atomic mass is 10.2. The van der Waals surface area contributed by atoms with E-state index in [1.807, 2.05) is 18.2 Å². The quantitative estimate of drug-likeness (QED) is 0.530. The van der Waals surface area contributed by atoms with Crippen LogP contribution >= 0.6 is 15.9 Å². The molecule has 0 heterocycles. The van der Waals surface area contributed by atoms with Crippen molar-refractivity contribution < 1.29 is 4.74 Å². The summed E-state index contributed by atoms with van der Waals surface area (Å²) in [7, 11) is 0. The molecule has 0 unspecified atom stereocenters. The van der Waals surface area contributed by atoms with Gasteiger partial charge in [-0.25, -0.2) is 0 Å². The molecule has 1 rings (SSSR count). The molecule has 0 aliphatic heterocycles. The van der Waals surface area contributed by atoms with Gasteiger partial charge in [-0.05, 0) is 31.4 Å². The van der Waals surface area contributed by atoms with Gasteiger partial charge in [-0.2, -0.15) is 0 Å². The van der Waals surface area contributed by atoms with E-state index in [1.165, 1.54) is 24.8 Å². The summed E-state index contributed by atoms with van der Waals surface area (Å²) in [6, 6.07) is 8.18. The van der Waals surface area contributed by atoms with Crippen LogP contribution in [0.3, 0.4) is 0 Å². The van der Waals surface area contributed by atoms with Gasteiger partial charge in [-0.15, -0.1) is 0 Å². The van der Waals surface area contributed by atoms with Gasteiger partial charge >= 0.3 is 0 Å². The van der Waals surface area contributed by atoms with Gasteiger partial charge in [0, 0.05) is 5.33 Å². The Balaban J connectivity index is 2.12. The molecule has 1 aromatic carbocycles. The third-order valence-corrected chi connectivity index (χ3v) is 2.94. The molecule has 0 aliphatic carbocycles. The largest absolute Gasteiger partial charge is 0.493 e. The number of ether oxygens (including phenoxy) is 1. The molecule has 0 spiro atoms. The highest BCUT2D eigenvalue weighted by Crippen LogP contribution is 2.16. The minimum atomic E-state index is 0.840. The molecule has 0 aliphatic rings. The van der Waals surface area contributed by atoms with Gasteiger partial charge in [-0.1, -0.05) is 47.0 Å². The van der Waals surface area contributed by atoms with E-state index in [0.29, 0.717) is 0 Å². The van der Waals surface area contributed by atoms with Crippen molar-refractivity contribution >= 4 is 15.9 Å². The number of para-hydroxylation sites is 1. The van der Waals surface area contributed by atoms with Crippen molar-refractivity contribution in [2.24, 2.45) is 0 Å². The number of halogens is 1. The molecule has 84 valence electrons. The van der Waals surface area contributed by atoms with E-state index >= 15 is 0 Å². The molecular weight excluding hydrogens is 252 g/mol. The molecule has 0 fully saturated rings. The summed E-state index contributed by atoms with van der Waals surface area (Å²) in [5, 5.41) is 1.12. The summed E-state index contributed by atoms with van der Waals surface area (Å²) in [5.41, 5.74) is 1.22. The molecule has 15 heavy (non-hydrogen) atoms. The molecule has 0 saturated heterocycles. The zero-order valence-corrected chi connectivity index (χ0v) is 10.9. The monoisotopic (exact) mass is 270 g/mol. The first-order valence-electron chi connectivity index (χ1n) is 5.59. The number of rotatable bonds is 7. The predicted octanol–water partition coefficient (Wildman–Crippen LogP) is 4.33. The first-order chi connectivity index (χ1) is 7.34. The summed E-state index contributed by atoms with van der Waals surface area (Å²) < 4.78 is 5.71. The summed E-state index contributed by atoms with van der Waals surface area (Å²) >= 11 is 3.43. The molecule has 2 heteroatoms. The number of aryl methyl sites for hydroxylation is 1. The number of benzene rings is 1. The van der Waals surface area contributed by atoms with Crippen LogP contribution in [-0.4, -0.2) is 11.9 Å². The SMILES string of the molecule is Cc1ccccc1OCCCCCCBr. The van der Waals surface area contributed by atoms with Crippen molar-refractivity contribution in [3.8, 4) is 5.75 Å². The Morgan fingerprint density at radius 2 is 1.80 bits per heavy atom. The lowest BCUT2D eigenvalue weighted by Gasteiger charge is -2.08. The normalized spacial score (nSPS) is 10.3. The maximum absolute atomic E-state index is 5.71. The van der Waals surface area contributed by atoms with Gasteiger partial charge in [0.25, 0.3) is 0 Å².